The second kappa shape index (κ2) is 6.10. The first-order valence-corrected chi connectivity index (χ1v) is 10.1. The summed E-state index contributed by atoms with van der Waals surface area (Å²) >= 11 is 0. The van der Waals surface area contributed by atoms with Crippen molar-refractivity contribution >= 4 is 5.97 Å². The van der Waals surface area contributed by atoms with Gasteiger partial charge in [0.1, 0.15) is 12.4 Å². The van der Waals surface area contributed by atoms with Gasteiger partial charge in [0.2, 0.25) is 0 Å². The van der Waals surface area contributed by atoms with Gasteiger partial charge in [-0.3, -0.25) is 0 Å². The summed E-state index contributed by atoms with van der Waals surface area (Å²) in [6.07, 6.45) is 2.39. The standard InChI is InChI=1S/C25H30O3/c1-23(2)11-12-24(3,4)19-14-17(8-9-18(19)23)25(5)15-28-21-10-7-16(13-20(21)25)22(26)27-6/h7-10,13-14H,11-12,15H2,1-6H3/t25-/m0/s1. The molecule has 1 aliphatic carbocycles. The molecule has 28 heavy (non-hydrogen) atoms. The Labute approximate surface area is 168 Å². The zero-order chi connectivity index (χ0) is 20.3. The van der Waals surface area contributed by atoms with Crippen LogP contribution in [0.2, 0.25) is 0 Å². The van der Waals surface area contributed by atoms with Gasteiger partial charge in [-0.15, -0.1) is 0 Å². The van der Waals surface area contributed by atoms with Crippen LogP contribution in [0, 0.1) is 0 Å². The number of ether oxygens (including phenoxy) is 2. The second-order valence-corrected chi connectivity index (χ2v) is 9.85. The maximum atomic E-state index is 12.0. The monoisotopic (exact) mass is 378 g/mol. The van der Waals surface area contributed by atoms with Crippen molar-refractivity contribution in [3.8, 4) is 5.75 Å². The molecule has 1 aliphatic heterocycles. The van der Waals surface area contributed by atoms with Crippen LogP contribution in [0.25, 0.3) is 0 Å². The minimum Gasteiger partial charge on any atom is -0.492 e. The Morgan fingerprint density at radius 3 is 2.25 bits per heavy atom. The molecule has 0 spiro atoms. The average Bonchev–Trinajstić information content (AvgIpc) is 3.02. The van der Waals surface area contributed by atoms with E-state index < -0.39 is 0 Å². The normalized spacial score (nSPS) is 24.1. The molecule has 0 amide bonds. The summed E-state index contributed by atoms with van der Waals surface area (Å²) in [5.41, 5.74) is 5.85. The third-order valence-electron chi connectivity index (χ3n) is 7.00. The van der Waals surface area contributed by atoms with Crippen LogP contribution in [0.15, 0.2) is 36.4 Å². The minimum atomic E-state index is -0.314. The molecule has 0 N–H and O–H groups in total. The zero-order valence-electron chi connectivity index (χ0n) is 17.8. The van der Waals surface area contributed by atoms with Crippen molar-refractivity contribution in [3.63, 3.8) is 0 Å². The van der Waals surface area contributed by atoms with Gasteiger partial charge in [0, 0.05) is 5.56 Å². The Kier molecular flexibility index (Phi) is 4.15. The first-order chi connectivity index (χ1) is 13.1. The minimum absolute atomic E-state index is 0.160. The fourth-order valence-corrected chi connectivity index (χ4v) is 4.80. The smallest absolute Gasteiger partial charge is 0.337 e. The summed E-state index contributed by atoms with van der Waals surface area (Å²) in [6.45, 7) is 12.2. The van der Waals surface area contributed by atoms with Crippen LogP contribution in [0.4, 0.5) is 0 Å². The van der Waals surface area contributed by atoms with Crippen LogP contribution < -0.4 is 4.74 Å². The molecule has 0 saturated carbocycles. The van der Waals surface area contributed by atoms with E-state index in [4.69, 9.17) is 9.47 Å². The van der Waals surface area contributed by atoms with Gasteiger partial charge in [0.15, 0.2) is 0 Å². The number of benzene rings is 2. The van der Waals surface area contributed by atoms with Gasteiger partial charge in [-0.05, 0) is 65.5 Å². The highest BCUT2D eigenvalue weighted by molar-refractivity contribution is 5.90. The van der Waals surface area contributed by atoms with Crippen LogP contribution in [-0.4, -0.2) is 19.7 Å². The highest BCUT2D eigenvalue weighted by Crippen LogP contribution is 2.49. The predicted molar refractivity (Wildman–Crippen MR) is 111 cm³/mol. The quantitative estimate of drug-likeness (QED) is 0.646. The Balaban J connectivity index is 1.85. The van der Waals surface area contributed by atoms with Crippen LogP contribution in [0.3, 0.4) is 0 Å². The molecule has 1 heterocycles. The van der Waals surface area contributed by atoms with Gasteiger partial charge in [-0.25, -0.2) is 4.79 Å². The van der Waals surface area contributed by atoms with E-state index in [1.165, 1.54) is 36.6 Å². The van der Waals surface area contributed by atoms with Gasteiger partial charge in [-0.2, -0.15) is 0 Å². The summed E-state index contributed by atoms with van der Waals surface area (Å²) in [4.78, 5) is 12.0. The molecule has 4 rings (SSSR count). The second-order valence-electron chi connectivity index (χ2n) is 9.85. The fraction of sp³-hybridized carbons (Fsp3) is 0.480. The Hall–Kier alpha value is -2.29. The SMILES string of the molecule is COC(=O)c1ccc2c(c1)[C@](C)(c1ccc3c(c1)C(C)(C)CCC3(C)C)CO2. The van der Waals surface area contributed by atoms with E-state index in [1.54, 1.807) is 6.07 Å². The van der Waals surface area contributed by atoms with E-state index in [2.05, 4.69) is 52.8 Å². The molecule has 0 aromatic heterocycles. The maximum Gasteiger partial charge on any atom is 0.337 e. The van der Waals surface area contributed by atoms with Gasteiger partial charge in [0.05, 0.1) is 18.1 Å². The summed E-state index contributed by atoms with van der Waals surface area (Å²) in [5.74, 6) is 0.540. The van der Waals surface area contributed by atoms with Crippen molar-refractivity contribution in [1.29, 1.82) is 0 Å². The van der Waals surface area contributed by atoms with E-state index in [9.17, 15) is 4.79 Å². The van der Waals surface area contributed by atoms with Crippen LogP contribution in [-0.2, 0) is 21.0 Å². The molecule has 2 aromatic rings. The molecule has 0 fully saturated rings. The molecular formula is C25H30O3. The summed E-state index contributed by atoms with van der Waals surface area (Å²) in [7, 11) is 1.42. The van der Waals surface area contributed by atoms with Crippen molar-refractivity contribution in [2.75, 3.05) is 13.7 Å². The molecule has 3 heteroatoms. The fourth-order valence-electron chi connectivity index (χ4n) is 4.80. The lowest BCUT2D eigenvalue weighted by Gasteiger charge is -2.42. The van der Waals surface area contributed by atoms with Crippen molar-refractivity contribution in [3.05, 3.63) is 64.2 Å². The van der Waals surface area contributed by atoms with E-state index in [1.807, 2.05) is 12.1 Å². The zero-order valence-corrected chi connectivity index (χ0v) is 17.8. The number of esters is 1. The number of hydrogen-bond acceptors (Lipinski definition) is 3. The Bertz CT molecular complexity index is 954. The molecule has 148 valence electrons. The largest absolute Gasteiger partial charge is 0.492 e. The molecule has 0 radical (unpaired) electrons. The summed E-state index contributed by atoms with van der Waals surface area (Å²) < 4.78 is 10.9. The van der Waals surface area contributed by atoms with Gasteiger partial charge in [0.25, 0.3) is 0 Å². The van der Waals surface area contributed by atoms with E-state index in [0.717, 1.165) is 11.3 Å². The highest BCUT2D eigenvalue weighted by Gasteiger charge is 2.42. The van der Waals surface area contributed by atoms with Crippen molar-refractivity contribution < 1.29 is 14.3 Å². The molecule has 0 unspecified atom stereocenters. The Morgan fingerprint density at radius 1 is 0.893 bits per heavy atom. The van der Waals surface area contributed by atoms with Gasteiger partial charge >= 0.3 is 5.97 Å². The third-order valence-corrected chi connectivity index (χ3v) is 7.00. The first-order valence-electron chi connectivity index (χ1n) is 10.1. The Morgan fingerprint density at radius 2 is 1.57 bits per heavy atom. The number of rotatable bonds is 2. The molecular weight excluding hydrogens is 348 g/mol. The van der Waals surface area contributed by atoms with Gasteiger partial charge < -0.3 is 9.47 Å². The van der Waals surface area contributed by atoms with Crippen molar-refractivity contribution in [2.24, 2.45) is 0 Å². The molecule has 2 aromatic carbocycles. The number of fused-ring (bicyclic) bond motifs is 2. The third kappa shape index (κ3) is 2.75. The molecule has 3 nitrogen and oxygen atoms in total. The van der Waals surface area contributed by atoms with Crippen molar-refractivity contribution in [2.45, 2.75) is 63.7 Å². The lowest BCUT2D eigenvalue weighted by atomic mass is 9.62. The lowest BCUT2D eigenvalue weighted by Crippen LogP contribution is -2.35. The van der Waals surface area contributed by atoms with Crippen LogP contribution in [0.1, 0.15) is 80.1 Å². The highest BCUT2D eigenvalue weighted by atomic mass is 16.5. The number of hydrogen-bond donors (Lipinski definition) is 0. The summed E-state index contributed by atoms with van der Waals surface area (Å²) in [6, 6.07) is 12.6. The van der Waals surface area contributed by atoms with E-state index >= 15 is 0 Å². The summed E-state index contributed by atoms with van der Waals surface area (Å²) in [5, 5.41) is 0. The van der Waals surface area contributed by atoms with Crippen LogP contribution in [0.5, 0.6) is 5.75 Å². The number of carbonyl (C=O) groups is 1. The average molecular weight is 379 g/mol. The number of carbonyl (C=O) groups excluding carboxylic acids is 1. The molecule has 0 bridgehead atoms. The molecule has 2 aliphatic rings. The number of methoxy groups -OCH3 is 1. The van der Waals surface area contributed by atoms with Crippen molar-refractivity contribution in [1.82, 2.24) is 0 Å². The van der Waals surface area contributed by atoms with E-state index in [-0.39, 0.29) is 22.2 Å². The molecule has 1 atom stereocenters. The maximum absolute atomic E-state index is 12.0. The predicted octanol–water partition coefficient (Wildman–Crippen LogP) is 5.52. The van der Waals surface area contributed by atoms with Gasteiger partial charge in [-0.1, -0.05) is 45.9 Å². The van der Waals surface area contributed by atoms with Crippen LogP contribution >= 0.6 is 0 Å². The molecule has 0 saturated heterocycles. The topological polar surface area (TPSA) is 35.5 Å². The first kappa shape index (κ1) is 19.0. The lowest BCUT2D eigenvalue weighted by molar-refractivity contribution is 0.0600. The van der Waals surface area contributed by atoms with E-state index in [0.29, 0.717) is 12.2 Å².